The highest BCUT2D eigenvalue weighted by Crippen LogP contribution is 2.27. The second kappa shape index (κ2) is 7.98. The zero-order chi connectivity index (χ0) is 17.6. The second-order valence-electron chi connectivity index (χ2n) is 6.35. The first-order valence-corrected chi connectivity index (χ1v) is 7.80. The van der Waals surface area contributed by atoms with Crippen molar-refractivity contribution in [1.82, 2.24) is 10.2 Å². The highest BCUT2D eigenvalue weighted by atomic mass is 16.5. The van der Waals surface area contributed by atoms with Crippen LogP contribution in [-0.4, -0.2) is 37.0 Å². The van der Waals surface area contributed by atoms with Gasteiger partial charge in [0, 0.05) is 11.6 Å². The fourth-order valence-electron chi connectivity index (χ4n) is 2.24. The number of hydrogen-bond acceptors (Lipinski definition) is 4. The van der Waals surface area contributed by atoms with Gasteiger partial charge in [-0.05, 0) is 32.9 Å². The quantitative estimate of drug-likeness (QED) is 0.840. The molecule has 0 bridgehead atoms. The minimum absolute atomic E-state index is 0.0179. The van der Waals surface area contributed by atoms with Gasteiger partial charge in [0.15, 0.2) is 0 Å². The van der Waals surface area contributed by atoms with Crippen LogP contribution in [0.25, 0.3) is 0 Å². The number of amides is 1. The second-order valence-corrected chi connectivity index (χ2v) is 6.35. The van der Waals surface area contributed by atoms with E-state index in [1.54, 1.807) is 14.0 Å². The summed E-state index contributed by atoms with van der Waals surface area (Å²) in [5.41, 5.74) is 0.170. The Bertz CT molecular complexity index is 580. The molecule has 0 aliphatic heterocycles. The maximum Gasteiger partial charge on any atom is 0.235 e. The topological polar surface area (TPSA) is 65.4 Å². The summed E-state index contributed by atoms with van der Waals surface area (Å²) in [5.74, 6) is 0.677. The molecule has 0 saturated heterocycles. The molecule has 0 heterocycles. The Kier molecular flexibility index (Phi) is 6.59. The highest BCUT2D eigenvalue weighted by molar-refractivity contribution is 5.79. The van der Waals surface area contributed by atoms with Crippen molar-refractivity contribution >= 4 is 5.91 Å². The third-order valence-electron chi connectivity index (χ3n) is 4.43. The number of ether oxygens (including phenoxy) is 1. The molecule has 1 aromatic rings. The van der Waals surface area contributed by atoms with E-state index in [2.05, 4.69) is 11.4 Å². The van der Waals surface area contributed by atoms with Crippen LogP contribution in [0.3, 0.4) is 0 Å². The zero-order valence-corrected chi connectivity index (χ0v) is 14.9. The van der Waals surface area contributed by atoms with Crippen LogP contribution < -0.4 is 10.1 Å². The largest absolute Gasteiger partial charge is 0.496 e. The Morgan fingerprint density at radius 1 is 1.39 bits per heavy atom. The lowest BCUT2D eigenvalue weighted by Gasteiger charge is -2.30. The van der Waals surface area contributed by atoms with Crippen molar-refractivity contribution in [2.45, 2.75) is 39.3 Å². The summed E-state index contributed by atoms with van der Waals surface area (Å²) in [7, 11) is 3.52. The molecule has 1 rings (SSSR count). The molecule has 0 saturated carbocycles. The number of benzene rings is 1. The lowest BCUT2D eigenvalue weighted by atomic mass is 9.90. The van der Waals surface area contributed by atoms with Crippen LogP contribution >= 0.6 is 0 Å². The first-order valence-electron chi connectivity index (χ1n) is 7.80. The zero-order valence-electron chi connectivity index (χ0n) is 14.9. The molecule has 0 unspecified atom stereocenters. The number of nitriles is 1. The van der Waals surface area contributed by atoms with Crippen LogP contribution in [-0.2, 0) is 4.79 Å². The van der Waals surface area contributed by atoms with Crippen LogP contribution in [0.1, 0.15) is 39.3 Å². The van der Waals surface area contributed by atoms with Gasteiger partial charge in [0.1, 0.15) is 11.3 Å². The minimum Gasteiger partial charge on any atom is -0.496 e. The van der Waals surface area contributed by atoms with E-state index in [-0.39, 0.29) is 24.4 Å². The summed E-state index contributed by atoms with van der Waals surface area (Å²) in [6.45, 7) is 7.83. The van der Waals surface area contributed by atoms with Crippen LogP contribution in [0.4, 0.5) is 0 Å². The van der Waals surface area contributed by atoms with Gasteiger partial charge >= 0.3 is 0 Å². The maximum atomic E-state index is 12.3. The van der Waals surface area contributed by atoms with Gasteiger partial charge in [-0.2, -0.15) is 5.26 Å². The fourth-order valence-corrected chi connectivity index (χ4v) is 2.24. The molecule has 0 aliphatic rings. The standard InChI is InChI=1S/C18H27N3O2/c1-13(2)18(4,12-19)20-17(22)11-21(5)14(3)15-9-7-8-10-16(15)23-6/h7-10,13-14H,11H2,1-6H3,(H,20,22)/t14-,18+/m0/s1. The first-order chi connectivity index (χ1) is 10.7. The Hall–Kier alpha value is -2.06. The van der Waals surface area contributed by atoms with E-state index in [0.29, 0.717) is 0 Å². The van der Waals surface area contributed by atoms with Crippen molar-refractivity contribution in [1.29, 1.82) is 5.26 Å². The monoisotopic (exact) mass is 317 g/mol. The summed E-state index contributed by atoms with van der Waals surface area (Å²) >= 11 is 0. The van der Waals surface area contributed by atoms with Gasteiger partial charge < -0.3 is 10.1 Å². The van der Waals surface area contributed by atoms with Gasteiger partial charge in [-0.15, -0.1) is 0 Å². The van der Waals surface area contributed by atoms with Crippen LogP contribution in [0.15, 0.2) is 24.3 Å². The lowest BCUT2D eigenvalue weighted by molar-refractivity contribution is -0.124. The van der Waals surface area contributed by atoms with Gasteiger partial charge in [-0.1, -0.05) is 32.0 Å². The van der Waals surface area contributed by atoms with Gasteiger partial charge in [0.2, 0.25) is 5.91 Å². The van der Waals surface area contributed by atoms with E-state index >= 15 is 0 Å². The van der Waals surface area contributed by atoms with E-state index < -0.39 is 5.54 Å². The minimum atomic E-state index is -0.856. The average Bonchev–Trinajstić information content (AvgIpc) is 2.53. The summed E-state index contributed by atoms with van der Waals surface area (Å²) in [4.78, 5) is 14.2. The van der Waals surface area contributed by atoms with Gasteiger partial charge in [-0.25, -0.2) is 0 Å². The lowest BCUT2D eigenvalue weighted by Crippen LogP contribution is -2.51. The molecule has 1 amide bonds. The number of nitrogens with one attached hydrogen (secondary N) is 1. The fraction of sp³-hybridized carbons (Fsp3) is 0.556. The highest BCUT2D eigenvalue weighted by Gasteiger charge is 2.30. The maximum absolute atomic E-state index is 12.3. The number of carbonyl (C=O) groups is 1. The summed E-state index contributed by atoms with van der Waals surface area (Å²) in [6, 6.07) is 9.98. The van der Waals surface area contributed by atoms with Crippen LogP contribution in [0, 0.1) is 17.2 Å². The molecule has 0 spiro atoms. The summed E-state index contributed by atoms with van der Waals surface area (Å²) < 4.78 is 5.38. The average molecular weight is 317 g/mol. The third-order valence-corrected chi connectivity index (χ3v) is 4.43. The molecule has 0 fully saturated rings. The smallest absolute Gasteiger partial charge is 0.235 e. The van der Waals surface area contributed by atoms with Crippen molar-refractivity contribution in [3.05, 3.63) is 29.8 Å². The first kappa shape index (κ1) is 19.0. The predicted octanol–water partition coefficient (Wildman–Crippen LogP) is 2.74. The number of hydrogen-bond donors (Lipinski definition) is 1. The van der Waals surface area contributed by atoms with E-state index in [4.69, 9.17) is 4.74 Å². The number of nitrogens with zero attached hydrogens (tertiary/aromatic N) is 2. The molecule has 0 aliphatic carbocycles. The summed E-state index contributed by atoms with van der Waals surface area (Å²) in [6.07, 6.45) is 0. The Morgan fingerprint density at radius 3 is 2.52 bits per heavy atom. The Balaban J connectivity index is 2.77. The molecular formula is C18H27N3O2. The predicted molar refractivity (Wildman–Crippen MR) is 91.0 cm³/mol. The molecule has 126 valence electrons. The van der Waals surface area contributed by atoms with E-state index in [1.165, 1.54) is 0 Å². The molecule has 5 heteroatoms. The van der Waals surface area contributed by atoms with Gasteiger partial charge in [-0.3, -0.25) is 9.69 Å². The number of para-hydroxylation sites is 1. The normalized spacial score (nSPS) is 14.9. The van der Waals surface area contributed by atoms with E-state index in [0.717, 1.165) is 11.3 Å². The molecule has 2 atom stereocenters. The number of methoxy groups -OCH3 is 1. The van der Waals surface area contributed by atoms with Crippen molar-refractivity contribution < 1.29 is 9.53 Å². The molecule has 0 aromatic heterocycles. The van der Waals surface area contributed by atoms with Crippen molar-refractivity contribution in [3.63, 3.8) is 0 Å². The van der Waals surface area contributed by atoms with Crippen LogP contribution in [0.5, 0.6) is 5.75 Å². The molecule has 1 N–H and O–H groups in total. The van der Waals surface area contributed by atoms with E-state index in [1.807, 2.05) is 57.0 Å². The summed E-state index contributed by atoms with van der Waals surface area (Å²) in [5, 5.41) is 12.1. The third kappa shape index (κ3) is 4.70. The Morgan fingerprint density at radius 2 is 2.00 bits per heavy atom. The van der Waals surface area contributed by atoms with Crippen molar-refractivity contribution in [2.75, 3.05) is 20.7 Å². The number of likely N-dealkylation sites (N-methyl/N-ethyl adjacent to an activating group) is 1. The van der Waals surface area contributed by atoms with E-state index in [9.17, 15) is 10.1 Å². The molecule has 0 radical (unpaired) electrons. The molecular weight excluding hydrogens is 290 g/mol. The van der Waals surface area contributed by atoms with Gasteiger partial charge in [0.05, 0.1) is 19.7 Å². The number of rotatable bonds is 7. The van der Waals surface area contributed by atoms with Crippen molar-refractivity contribution in [2.24, 2.45) is 5.92 Å². The Labute approximate surface area is 139 Å². The van der Waals surface area contributed by atoms with Crippen LogP contribution in [0.2, 0.25) is 0 Å². The molecule has 1 aromatic carbocycles. The number of carbonyl (C=O) groups excluding carboxylic acids is 1. The molecule has 5 nitrogen and oxygen atoms in total. The van der Waals surface area contributed by atoms with Gasteiger partial charge in [0.25, 0.3) is 0 Å². The van der Waals surface area contributed by atoms with Crippen molar-refractivity contribution in [3.8, 4) is 11.8 Å². The molecule has 23 heavy (non-hydrogen) atoms. The SMILES string of the molecule is COc1ccccc1[C@H](C)N(C)CC(=O)N[C@](C)(C#N)C(C)C.